The second kappa shape index (κ2) is 6.40. The number of urea groups is 1. The molecule has 0 bridgehead atoms. The summed E-state index contributed by atoms with van der Waals surface area (Å²) >= 11 is 0. The Labute approximate surface area is 142 Å². The number of nitrogens with one attached hydrogen (secondary N) is 1. The molecule has 2 aliphatic heterocycles. The number of hydrogen-bond donors (Lipinski definition) is 2. The average Bonchev–Trinajstić information content (AvgIpc) is 2.79. The summed E-state index contributed by atoms with van der Waals surface area (Å²) in [6, 6.07) is 0.760. The molecule has 3 rings (SSSR count). The molecule has 0 aliphatic carbocycles. The van der Waals surface area contributed by atoms with E-state index in [1.807, 2.05) is 0 Å². The van der Waals surface area contributed by atoms with E-state index in [9.17, 15) is 28.3 Å². The zero-order chi connectivity index (χ0) is 18.3. The topological polar surface area (TPSA) is 89.9 Å². The molecule has 2 aliphatic rings. The number of halogens is 2. The second-order valence-corrected chi connectivity index (χ2v) is 6.17. The predicted molar refractivity (Wildman–Crippen MR) is 82.6 cm³/mol. The number of benzene rings is 1. The summed E-state index contributed by atoms with van der Waals surface area (Å²) in [4.78, 5) is 38.7. The number of piperidine rings is 1. The Balaban J connectivity index is 1.80. The average molecular weight is 353 g/mol. The van der Waals surface area contributed by atoms with Crippen LogP contribution >= 0.6 is 0 Å². The summed E-state index contributed by atoms with van der Waals surface area (Å²) in [6.45, 7) is 1.53. The molecule has 3 atom stereocenters. The summed E-state index contributed by atoms with van der Waals surface area (Å²) in [5.41, 5.74) is -0.296. The van der Waals surface area contributed by atoms with Crippen LogP contribution < -0.4 is 10.2 Å². The highest BCUT2D eigenvalue weighted by Gasteiger charge is 2.49. The molecular formula is C16H17F2N3O4. The van der Waals surface area contributed by atoms with Crippen LogP contribution in [0.15, 0.2) is 18.2 Å². The molecule has 4 amide bonds. The number of fused-ring (bicyclic) bond motifs is 1. The highest BCUT2D eigenvalue weighted by Crippen LogP contribution is 2.32. The third kappa shape index (κ3) is 3.07. The molecule has 0 spiro atoms. The third-order valence-corrected chi connectivity index (χ3v) is 4.42. The number of aliphatic hydroxyl groups is 1. The maximum Gasteiger partial charge on any atom is 0.332 e. The lowest BCUT2D eigenvalue weighted by Gasteiger charge is -2.33. The second-order valence-electron chi connectivity index (χ2n) is 6.17. The lowest BCUT2D eigenvalue weighted by Crippen LogP contribution is -2.51. The van der Waals surface area contributed by atoms with Crippen LogP contribution in [-0.2, 0) is 9.59 Å². The summed E-state index contributed by atoms with van der Waals surface area (Å²) in [7, 11) is 0. The van der Waals surface area contributed by atoms with Gasteiger partial charge in [0, 0.05) is 18.7 Å². The normalized spacial score (nSPS) is 24.3. The van der Waals surface area contributed by atoms with Crippen molar-refractivity contribution in [3.05, 3.63) is 29.8 Å². The predicted octanol–water partition coefficient (Wildman–Crippen LogP) is 0.761. The highest BCUT2D eigenvalue weighted by atomic mass is 19.1. The van der Waals surface area contributed by atoms with Crippen LogP contribution in [0, 0.1) is 11.6 Å². The van der Waals surface area contributed by atoms with Crippen molar-refractivity contribution in [1.82, 2.24) is 10.2 Å². The van der Waals surface area contributed by atoms with Gasteiger partial charge in [-0.3, -0.25) is 9.59 Å². The quantitative estimate of drug-likeness (QED) is 0.785. The Morgan fingerprint density at radius 2 is 2.08 bits per heavy atom. The minimum atomic E-state index is -1.18. The summed E-state index contributed by atoms with van der Waals surface area (Å²) in [5, 5.41) is 11.9. The van der Waals surface area contributed by atoms with Crippen molar-refractivity contribution < 1.29 is 28.3 Å². The number of carbonyl (C=O) groups is 3. The monoisotopic (exact) mass is 353 g/mol. The van der Waals surface area contributed by atoms with Crippen LogP contribution in [0.2, 0.25) is 0 Å². The molecule has 1 aromatic rings. The third-order valence-electron chi connectivity index (χ3n) is 4.42. The van der Waals surface area contributed by atoms with Gasteiger partial charge in [-0.2, -0.15) is 0 Å². The smallest absolute Gasteiger partial charge is 0.332 e. The number of aliphatic hydroxyl groups excluding tert-OH is 1. The Morgan fingerprint density at radius 3 is 2.72 bits per heavy atom. The Bertz CT molecular complexity index is 740. The Kier molecular flexibility index (Phi) is 4.42. The standard InChI is InChI=1S/C16H17F2N3O4/c1-8(22)14(23)19-10-4-5-20-13(7-10)15(24)21(16(20)25)12-3-2-9(17)6-11(12)18/h2-3,6,8,10,13,22H,4-5,7H2,1H3,(H,19,23). The minimum absolute atomic E-state index is 0.169. The zero-order valence-corrected chi connectivity index (χ0v) is 13.4. The maximum absolute atomic E-state index is 14.0. The van der Waals surface area contributed by atoms with Crippen LogP contribution in [0.25, 0.3) is 0 Å². The Morgan fingerprint density at radius 1 is 1.36 bits per heavy atom. The number of carbonyl (C=O) groups excluding carboxylic acids is 3. The van der Waals surface area contributed by atoms with Crippen molar-refractivity contribution in [2.75, 3.05) is 11.4 Å². The largest absolute Gasteiger partial charge is 0.384 e. The van der Waals surface area contributed by atoms with Crippen LogP contribution in [0.5, 0.6) is 0 Å². The first-order valence-electron chi connectivity index (χ1n) is 7.87. The SMILES string of the molecule is CC(O)C(=O)NC1CCN2C(=O)N(c3ccc(F)cc3F)C(=O)C2C1. The van der Waals surface area contributed by atoms with Crippen molar-refractivity contribution in [3.63, 3.8) is 0 Å². The fourth-order valence-electron chi connectivity index (χ4n) is 3.14. The first kappa shape index (κ1) is 17.3. The summed E-state index contributed by atoms with van der Waals surface area (Å²) < 4.78 is 27.0. The van der Waals surface area contributed by atoms with Gasteiger partial charge in [0.1, 0.15) is 23.8 Å². The summed E-state index contributed by atoms with van der Waals surface area (Å²) in [6.07, 6.45) is -0.598. The Hall–Kier alpha value is -2.55. The number of hydrogen-bond acceptors (Lipinski definition) is 4. The van der Waals surface area contributed by atoms with Gasteiger partial charge >= 0.3 is 6.03 Å². The molecule has 2 N–H and O–H groups in total. The van der Waals surface area contributed by atoms with E-state index in [4.69, 9.17) is 0 Å². The molecule has 0 aromatic heterocycles. The summed E-state index contributed by atoms with van der Waals surface area (Å²) in [5.74, 6) is -2.98. The lowest BCUT2D eigenvalue weighted by molar-refractivity contribution is -0.130. The fourth-order valence-corrected chi connectivity index (χ4v) is 3.14. The van der Waals surface area contributed by atoms with Gasteiger partial charge in [-0.15, -0.1) is 0 Å². The molecule has 2 heterocycles. The van der Waals surface area contributed by atoms with E-state index in [1.54, 1.807) is 0 Å². The molecular weight excluding hydrogens is 336 g/mol. The van der Waals surface area contributed by atoms with Gasteiger partial charge in [0.15, 0.2) is 0 Å². The molecule has 0 radical (unpaired) electrons. The number of imide groups is 1. The van der Waals surface area contributed by atoms with Crippen molar-refractivity contribution >= 4 is 23.5 Å². The minimum Gasteiger partial charge on any atom is -0.384 e. The number of rotatable bonds is 3. The van der Waals surface area contributed by atoms with Crippen molar-refractivity contribution in [2.24, 2.45) is 0 Å². The highest BCUT2D eigenvalue weighted by molar-refractivity contribution is 6.21. The number of anilines is 1. The molecule has 134 valence electrons. The molecule has 1 aromatic carbocycles. The van der Waals surface area contributed by atoms with Gasteiger partial charge in [0.25, 0.3) is 5.91 Å². The van der Waals surface area contributed by atoms with Gasteiger partial charge in [-0.05, 0) is 31.9 Å². The van der Waals surface area contributed by atoms with Gasteiger partial charge < -0.3 is 15.3 Å². The van der Waals surface area contributed by atoms with Gasteiger partial charge in [0.2, 0.25) is 5.91 Å². The lowest BCUT2D eigenvalue weighted by atomic mass is 9.97. The van der Waals surface area contributed by atoms with Crippen molar-refractivity contribution in [1.29, 1.82) is 0 Å². The molecule has 0 saturated carbocycles. The number of nitrogens with zero attached hydrogens (tertiary/aromatic N) is 2. The van der Waals surface area contributed by atoms with E-state index in [0.29, 0.717) is 17.4 Å². The van der Waals surface area contributed by atoms with Gasteiger partial charge in [-0.1, -0.05) is 0 Å². The first-order valence-corrected chi connectivity index (χ1v) is 7.87. The van der Waals surface area contributed by atoms with Crippen LogP contribution in [-0.4, -0.2) is 52.6 Å². The maximum atomic E-state index is 14.0. The van der Waals surface area contributed by atoms with E-state index < -0.39 is 41.6 Å². The van der Waals surface area contributed by atoms with E-state index >= 15 is 0 Å². The number of amides is 4. The fraction of sp³-hybridized carbons (Fsp3) is 0.438. The van der Waals surface area contributed by atoms with E-state index in [0.717, 1.165) is 12.1 Å². The van der Waals surface area contributed by atoms with Crippen molar-refractivity contribution in [3.8, 4) is 0 Å². The van der Waals surface area contributed by atoms with Crippen LogP contribution in [0.1, 0.15) is 19.8 Å². The van der Waals surface area contributed by atoms with Crippen LogP contribution in [0.3, 0.4) is 0 Å². The first-order chi connectivity index (χ1) is 11.8. The molecule has 7 nitrogen and oxygen atoms in total. The molecule has 3 unspecified atom stereocenters. The van der Waals surface area contributed by atoms with Gasteiger partial charge in [-0.25, -0.2) is 18.5 Å². The zero-order valence-electron chi connectivity index (χ0n) is 13.4. The van der Waals surface area contributed by atoms with E-state index in [2.05, 4.69) is 5.32 Å². The molecule has 2 fully saturated rings. The van der Waals surface area contributed by atoms with E-state index in [-0.39, 0.29) is 24.7 Å². The molecule has 9 heteroatoms. The molecule has 25 heavy (non-hydrogen) atoms. The van der Waals surface area contributed by atoms with Crippen molar-refractivity contribution in [2.45, 2.75) is 38.0 Å². The van der Waals surface area contributed by atoms with Crippen LogP contribution in [0.4, 0.5) is 19.3 Å². The van der Waals surface area contributed by atoms with E-state index in [1.165, 1.54) is 11.8 Å². The van der Waals surface area contributed by atoms with Gasteiger partial charge in [0.05, 0.1) is 5.69 Å². The molecule has 2 saturated heterocycles.